The third-order valence-corrected chi connectivity index (χ3v) is 1.13. The highest BCUT2D eigenvalue weighted by Gasteiger charge is 1.80. The van der Waals surface area contributed by atoms with Gasteiger partial charge < -0.3 is 10.4 Å². The van der Waals surface area contributed by atoms with Crippen LogP contribution in [-0.2, 0) is 0 Å². The molecule has 0 fully saturated rings. The average Bonchev–Trinajstić information content (AvgIpc) is 2.02. The molecule has 0 rings (SSSR count). The normalized spacial score (nSPS) is 8.40. The molecule has 0 amide bonds. The van der Waals surface area contributed by atoms with Crippen molar-refractivity contribution in [2.24, 2.45) is 0 Å². The van der Waals surface area contributed by atoms with Crippen LogP contribution in [0.5, 0.6) is 0 Å². The second-order valence-electron chi connectivity index (χ2n) is 2.10. The fourth-order valence-corrected chi connectivity index (χ4v) is 0.604. The van der Waals surface area contributed by atoms with E-state index in [1.807, 2.05) is 0 Å². The summed E-state index contributed by atoms with van der Waals surface area (Å²) in [6.07, 6.45) is 3.88. The molecular weight excluding hydrogens is 126 g/mol. The topological polar surface area (TPSA) is 32.3 Å². The fourth-order valence-electron chi connectivity index (χ4n) is 0.604. The molecule has 2 nitrogen and oxygen atoms in total. The van der Waals surface area contributed by atoms with E-state index < -0.39 is 0 Å². The summed E-state index contributed by atoms with van der Waals surface area (Å²) < 4.78 is 0. The summed E-state index contributed by atoms with van der Waals surface area (Å²) in [5, 5.41) is 10.3. The van der Waals surface area contributed by atoms with E-state index in [0.29, 0.717) is 0 Å². The van der Waals surface area contributed by atoms with Crippen molar-refractivity contribution in [2.45, 2.75) is 33.1 Å². The van der Waals surface area contributed by atoms with E-state index in [0.717, 1.165) is 7.11 Å². The van der Waals surface area contributed by atoms with Crippen LogP contribution >= 0.6 is 0 Å². The minimum Gasteiger partial charge on any atom is -0.400 e. The van der Waals surface area contributed by atoms with Crippen LogP contribution in [0.2, 0.25) is 0 Å². The van der Waals surface area contributed by atoms with Crippen LogP contribution in [0.4, 0.5) is 0 Å². The lowest BCUT2D eigenvalue weighted by Crippen LogP contribution is -2.15. The predicted octanol–water partition coefficient (Wildman–Crippen LogP) is 1.39. The first-order chi connectivity index (χ1) is 4.91. The molecule has 0 saturated heterocycles. The molecule has 0 bridgehead atoms. The van der Waals surface area contributed by atoms with Crippen LogP contribution < -0.4 is 5.32 Å². The van der Waals surface area contributed by atoms with Gasteiger partial charge >= 0.3 is 0 Å². The van der Waals surface area contributed by atoms with Crippen molar-refractivity contribution in [1.82, 2.24) is 5.32 Å². The third-order valence-electron chi connectivity index (χ3n) is 1.13. The van der Waals surface area contributed by atoms with Crippen molar-refractivity contribution in [3.63, 3.8) is 0 Å². The molecule has 0 radical (unpaired) electrons. The molecule has 2 N–H and O–H groups in total. The maximum atomic E-state index is 7.00. The molecular formula is C8H21NO. The van der Waals surface area contributed by atoms with Crippen LogP contribution in [0, 0.1) is 0 Å². The van der Waals surface area contributed by atoms with Gasteiger partial charge in [0.15, 0.2) is 0 Å². The van der Waals surface area contributed by atoms with Gasteiger partial charge in [-0.15, -0.1) is 0 Å². The molecule has 2 heteroatoms. The fraction of sp³-hybridized carbons (Fsp3) is 1.00. The summed E-state index contributed by atoms with van der Waals surface area (Å²) >= 11 is 0. The van der Waals surface area contributed by atoms with Crippen molar-refractivity contribution >= 4 is 0 Å². The number of rotatable bonds is 5. The molecule has 0 aliphatic heterocycles. The van der Waals surface area contributed by atoms with E-state index in [1.165, 1.54) is 32.4 Å². The molecule has 0 saturated carbocycles. The van der Waals surface area contributed by atoms with Gasteiger partial charge in [-0.2, -0.15) is 0 Å². The van der Waals surface area contributed by atoms with Gasteiger partial charge in [-0.3, -0.25) is 0 Å². The van der Waals surface area contributed by atoms with Crippen LogP contribution in [0.15, 0.2) is 0 Å². The van der Waals surface area contributed by atoms with Crippen molar-refractivity contribution in [3.8, 4) is 0 Å². The molecule has 0 aliphatic carbocycles. The summed E-state index contributed by atoms with van der Waals surface area (Å²) in [4.78, 5) is 0. The molecule has 0 unspecified atom stereocenters. The minimum atomic E-state index is 1.00. The molecule has 0 aromatic rings. The summed E-state index contributed by atoms with van der Waals surface area (Å²) in [6, 6.07) is 0. The Morgan fingerprint density at radius 1 is 1.00 bits per heavy atom. The highest BCUT2D eigenvalue weighted by molar-refractivity contribution is 4.43. The lowest BCUT2D eigenvalue weighted by molar-refractivity contribution is 0.399. The molecule has 0 spiro atoms. The lowest BCUT2D eigenvalue weighted by atomic mass is 10.3. The Kier molecular flexibility index (Phi) is 20.1. The Morgan fingerprint density at radius 2 is 1.60 bits per heavy atom. The Morgan fingerprint density at radius 3 is 2.00 bits per heavy atom. The van der Waals surface area contributed by atoms with Gasteiger partial charge in [-0.25, -0.2) is 0 Å². The van der Waals surface area contributed by atoms with E-state index in [4.69, 9.17) is 5.11 Å². The van der Waals surface area contributed by atoms with E-state index >= 15 is 0 Å². The molecule has 0 aliphatic rings. The van der Waals surface area contributed by atoms with E-state index in [9.17, 15) is 0 Å². The number of nitrogens with one attached hydrogen (secondary N) is 1. The van der Waals surface area contributed by atoms with Crippen LogP contribution in [-0.4, -0.2) is 25.3 Å². The first-order valence-corrected chi connectivity index (χ1v) is 4.07. The lowest BCUT2D eigenvalue weighted by Gasteiger charge is -1.98. The maximum absolute atomic E-state index is 7.00. The van der Waals surface area contributed by atoms with Crippen LogP contribution in [0.3, 0.4) is 0 Å². The first-order valence-electron chi connectivity index (χ1n) is 4.07. The van der Waals surface area contributed by atoms with Crippen LogP contribution in [0.1, 0.15) is 33.1 Å². The SMILES string of the molecule is CCCCNCCC.CO. The van der Waals surface area contributed by atoms with E-state index in [2.05, 4.69) is 19.2 Å². The Hall–Kier alpha value is -0.0800. The standard InChI is InChI=1S/C7H17N.CH4O/c1-3-5-7-8-6-4-2;1-2/h8H,3-7H2,1-2H3;2H,1H3. The molecule has 10 heavy (non-hydrogen) atoms. The summed E-state index contributed by atoms with van der Waals surface area (Å²) in [6.45, 7) is 6.79. The zero-order valence-corrected chi connectivity index (χ0v) is 7.48. The van der Waals surface area contributed by atoms with Gasteiger partial charge in [0.1, 0.15) is 0 Å². The Balaban J connectivity index is 0. The van der Waals surface area contributed by atoms with Gasteiger partial charge in [0, 0.05) is 7.11 Å². The van der Waals surface area contributed by atoms with Crippen molar-refractivity contribution in [1.29, 1.82) is 0 Å². The molecule has 0 aromatic carbocycles. The van der Waals surface area contributed by atoms with E-state index in [1.54, 1.807) is 0 Å². The predicted molar refractivity (Wildman–Crippen MR) is 46.2 cm³/mol. The monoisotopic (exact) mass is 147 g/mol. The number of hydrogen-bond acceptors (Lipinski definition) is 2. The Labute approximate surface area is 64.6 Å². The van der Waals surface area contributed by atoms with Gasteiger partial charge in [0.05, 0.1) is 0 Å². The van der Waals surface area contributed by atoms with Gasteiger partial charge in [0.2, 0.25) is 0 Å². The molecule has 0 atom stereocenters. The second-order valence-corrected chi connectivity index (χ2v) is 2.10. The van der Waals surface area contributed by atoms with Crippen molar-refractivity contribution in [3.05, 3.63) is 0 Å². The Bertz CT molecular complexity index is 34.2. The van der Waals surface area contributed by atoms with Crippen LogP contribution in [0.25, 0.3) is 0 Å². The second kappa shape index (κ2) is 16.0. The maximum Gasteiger partial charge on any atom is 0.0319 e. The van der Waals surface area contributed by atoms with Gasteiger partial charge in [0.25, 0.3) is 0 Å². The summed E-state index contributed by atoms with van der Waals surface area (Å²) in [5.41, 5.74) is 0. The minimum absolute atomic E-state index is 1.00. The quantitative estimate of drug-likeness (QED) is 0.576. The summed E-state index contributed by atoms with van der Waals surface area (Å²) in [5.74, 6) is 0. The smallest absolute Gasteiger partial charge is 0.0319 e. The van der Waals surface area contributed by atoms with E-state index in [-0.39, 0.29) is 0 Å². The van der Waals surface area contributed by atoms with Crippen molar-refractivity contribution in [2.75, 3.05) is 20.2 Å². The highest BCUT2D eigenvalue weighted by atomic mass is 16.2. The van der Waals surface area contributed by atoms with Crippen molar-refractivity contribution < 1.29 is 5.11 Å². The zero-order valence-electron chi connectivity index (χ0n) is 7.48. The highest BCUT2D eigenvalue weighted by Crippen LogP contribution is 1.81. The number of unbranched alkanes of at least 4 members (excludes halogenated alkanes) is 1. The molecule has 0 heterocycles. The van der Waals surface area contributed by atoms with Gasteiger partial charge in [-0.05, 0) is 25.9 Å². The van der Waals surface area contributed by atoms with Gasteiger partial charge in [-0.1, -0.05) is 20.3 Å². The number of aliphatic hydroxyl groups is 1. The number of aliphatic hydroxyl groups excluding tert-OH is 1. The number of hydrogen-bond donors (Lipinski definition) is 2. The largest absolute Gasteiger partial charge is 0.400 e. The summed E-state index contributed by atoms with van der Waals surface area (Å²) in [7, 11) is 1.00. The molecule has 64 valence electrons. The molecule has 0 aromatic heterocycles. The average molecular weight is 147 g/mol. The zero-order chi connectivity index (χ0) is 8.24. The first kappa shape index (κ1) is 12.6. The third kappa shape index (κ3) is 15.7.